The van der Waals surface area contributed by atoms with Gasteiger partial charge in [0.25, 0.3) is 5.56 Å². The van der Waals surface area contributed by atoms with Gasteiger partial charge in [-0.1, -0.05) is 6.92 Å². The summed E-state index contributed by atoms with van der Waals surface area (Å²) >= 11 is 1.22. The van der Waals surface area contributed by atoms with Crippen LogP contribution in [0.25, 0.3) is 11.0 Å². The molecule has 0 spiro atoms. The Morgan fingerprint density at radius 3 is 2.86 bits per heavy atom. The lowest BCUT2D eigenvalue weighted by atomic mass is 10.0. The first kappa shape index (κ1) is 13.6. The number of carboxylic acid groups (broad SMARTS) is 1. The lowest BCUT2D eigenvalue weighted by Gasteiger charge is -2.07. The zero-order valence-corrected chi connectivity index (χ0v) is 12.2. The zero-order chi connectivity index (χ0) is 15.1. The van der Waals surface area contributed by atoms with E-state index in [1.165, 1.54) is 11.3 Å². The number of fused-ring (bicyclic) bond motifs is 1. The summed E-state index contributed by atoms with van der Waals surface area (Å²) in [5, 5.41) is 9.52. The number of thiophene rings is 1. The molecular weight excluding hydrogens is 290 g/mol. The van der Waals surface area contributed by atoms with Gasteiger partial charge >= 0.3 is 5.97 Å². The average Bonchev–Trinajstić information content (AvgIpc) is 3.04. The minimum Gasteiger partial charge on any atom is -0.477 e. The van der Waals surface area contributed by atoms with Gasteiger partial charge in [-0.3, -0.25) is 4.79 Å². The molecule has 3 N–H and O–H groups in total. The molecule has 0 bridgehead atoms. The Morgan fingerprint density at radius 1 is 1.43 bits per heavy atom. The average molecular weight is 303 g/mol. The predicted molar refractivity (Wildman–Crippen MR) is 80.2 cm³/mol. The highest BCUT2D eigenvalue weighted by atomic mass is 32.1. The number of aromatic nitrogens is 3. The molecule has 3 aromatic rings. The lowest BCUT2D eigenvalue weighted by molar-refractivity contribution is 0.0702. The fourth-order valence-electron chi connectivity index (χ4n) is 2.37. The van der Waals surface area contributed by atoms with Crippen molar-refractivity contribution in [2.75, 3.05) is 0 Å². The van der Waals surface area contributed by atoms with Crippen LogP contribution in [0, 0.1) is 6.92 Å². The molecule has 0 aliphatic carbocycles. The maximum atomic E-state index is 12.1. The number of hydrogen-bond acceptors (Lipinski definition) is 4. The normalized spacial score (nSPS) is 12.7. The van der Waals surface area contributed by atoms with Gasteiger partial charge in [-0.2, -0.15) is 0 Å². The van der Waals surface area contributed by atoms with Gasteiger partial charge in [0.05, 0.1) is 5.39 Å². The maximum absolute atomic E-state index is 12.1. The number of rotatable bonds is 3. The Morgan fingerprint density at radius 2 is 2.19 bits per heavy atom. The fraction of sp³-hybridized carbons (Fsp3) is 0.214. The highest BCUT2D eigenvalue weighted by Crippen LogP contribution is 2.32. The summed E-state index contributed by atoms with van der Waals surface area (Å²) in [6.45, 7) is 3.67. The second-order valence-electron chi connectivity index (χ2n) is 4.85. The van der Waals surface area contributed by atoms with Gasteiger partial charge in [0, 0.05) is 17.0 Å². The molecule has 0 radical (unpaired) electrons. The molecule has 1 atom stereocenters. The first-order valence-corrected chi connectivity index (χ1v) is 7.20. The molecule has 3 heterocycles. The van der Waals surface area contributed by atoms with E-state index in [2.05, 4.69) is 15.0 Å². The van der Waals surface area contributed by atoms with Crippen molar-refractivity contribution in [2.24, 2.45) is 0 Å². The van der Waals surface area contributed by atoms with Crippen LogP contribution in [0.3, 0.4) is 0 Å². The van der Waals surface area contributed by atoms with Crippen molar-refractivity contribution in [3.8, 4) is 0 Å². The van der Waals surface area contributed by atoms with Crippen molar-refractivity contribution in [2.45, 2.75) is 19.8 Å². The van der Waals surface area contributed by atoms with Crippen molar-refractivity contribution in [1.29, 1.82) is 0 Å². The molecule has 7 heteroatoms. The molecule has 6 nitrogen and oxygen atoms in total. The van der Waals surface area contributed by atoms with E-state index in [1.807, 2.05) is 6.92 Å². The minimum absolute atomic E-state index is 0.0811. The summed E-state index contributed by atoms with van der Waals surface area (Å²) in [7, 11) is 0. The Bertz CT molecular complexity index is 890. The van der Waals surface area contributed by atoms with Gasteiger partial charge in [-0.15, -0.1) is 11.3 Å². The maximum Gasteiger partial charge on any atom is 0.345 e. The molecule has 21 heavy (non-hydrogen) atoms. The van der Waals surface area contributed by atoms with Crippen LogP contribution < -0.4 is 5.56 Å². The Balaban J connectivity index is 2.11. The third kappa shape index (κ3) is 2.25. The topological polar surface area (TPSA) is 98.8 Å². The molecule has 0 amide bonds. The Kier molecular flexibility index (Phi) is 3.13. The van der Waals surface area contributed by atoms with Crippen LogP contribution in [0.4, 0.5) is 0 Å². The van der Waals surface area contributed by atoms with Crippen molar-refractivity contribution in [1.82, 2.24) is 15.0 Å². The second kappa shape index (κ2) is 4.85. The van der Waals surface area contributed by atoms with E-state index in [-0.39, 0.29) is 11.5 Å². The van der Waals surface area contributed by atoms with Crippen LogP contribution in [0.15, 0.2) is 23.1 Å². The van der Waals surface area contributed by atoms with Crippen molar-refractivity contribution >= 4 is 28.3 Å². The second-order valence-corrected chi connectivity index (χ2v) is 5.96. The summed E-state index contributed by atoms with van der Waals surface area (Å²) in [6.07, 6.45) is 1.76. The van der Waals surface area contributed by atoms with E-state index in [1.54, 1.807) is 25.3 Å². The van der Waals surface area contributed by atoms with E-state index in [0.717, 1.165) is 10.4 Å². The van der Waals surface area contributed by atoms with E-state index in [0.29, 0.717) is 21.7 Å². The van der Waals surface area contributed by atoms with Crippen LogP contribution in [0.1, 0.15) is 38.8 Å². The SMILES string of the molecule is Cc1nc2[nH]cc(C(C)c3ccc(C(=O)O)s3)c2c(=O)[nH]1. The zero-order valence-electron chi connectivity index (χ0n) is 11.4. The van der Waals surface area contributed by atoms with Crippen molar-refractivity contribution in [3.05, 3.63) is 49.8 Å². The van der Waals surface area contributed by atoms with Crippen LogP contribution in [0.5, 0.6) is 0 Å². The largest absolute Gasteiger partial charge is 0.477 e. The third-order valence-corrected chi connectivity index (χ3v) is 4.68. The number of aromatic amines is 2. The van der Waals surface area contributed by atoms with Gasteiger partial charge in [-0.25, -0.2) is 9.78 Å². The van der Waals surface area contributed by atoms with Crippen LogP contribution >= 0.6 is 11.3 Å². The van der Waals surface area contributed by atoms with Crippen molar-refractivity contribution < 1.29 is 9.90 Å². The molecule has 0 aromatic carbocycles. The van der Waals surface area contributed by atoms with Gasteiger partial charge in [0.1, 0.15) is 16.3 Å². The number of nitrogens with zero attached hydrogens (tertiary/aromatic N) is 1. The molecule has 0 fully saturated rings. The van der Waals surface area contributed by atoms with Crippen LogP contribution in [0.2, 0.25) is 0 Å². The quantitative estimate of drug-likeness (QED) is 0.692. The molecule has 0 aliphatic heterocycles. The molecule has 1 unspecified atom stereocenters. The summed E-state index contributed by atoms with van der Waals surface area (Å²) in [5.41, 5.74) is 1.18. The lowest BCUT2D eigenvalue weighted by Crippen LogP contribution is -2.10. The van der Waals surface area contributed by atoms with E-state index < -0.39 is 5.97 Å². The number of aryl methyl sites for hydroxylation is 1. The number of carboxylic acids is 1. The van der Waals surface area contributed by atoms with E-state index >= 15 is 0 Å². The van der Waals surface area contributed by atoms with Crippen LogP contribution in [-0.2, 0) is 0 Å². The predicted octanol–water partition coefficient (Wildman–Crippen LogP) is 2.47. The van der Waals surface area contributed by atoms with E-state index in [4.69, 9.17) is 5.11 Å². The number of hydrogen-bond donors (Lipinski definition) is 3. The van der Waals surface area contributed by atoms with Gasteiger partial charge in [0.15, 0.2) is 0 Å². The molecule has 108 valence electrons. The standard InChI is InChI=1S/C14H13N3O3S/c1-6(9-3-4-10(21-9)14(19)20)8-5-15-12-11(8)13(18)17-7(2)16-12/h3-6H,1-2H3,(H,19,20)(H2,15,16,17,18). The van der Waals surface area contributed by atoms with Gasteiger partial charge < -0.3 is 15.1 Å². The molecular formula is C14H13N3O3S. The Labute approximate surface area is 123 Å². The first-order valence-electron chi connectivity index (χ1n) is 6.38. The van der Waals surface area contributed by atoms with Crippen LogP contribution in [-0.4, -0.2) is 26.0 Å². The molecule has 0 aliphatic rings. The number of nitrogens with one attached hydrogen (secondary N) is 2. The summed E-state index contributed by atoms with van der Waals surface area (Å²) in [6, 6.07) is 3.37. The minimum atomic E-state index is -0.937. The molecule has 0 saturated carbocycles. The highest BCUT2D eigenvalue weighted by Gasteiger charge is 2.19. The summed E-state index contributed by atoms with van der Waals surface area (Å²) in [4.78, 5) is 34.2. The smallest absolute Gasteiger partial charge is 0.345 e. The summed E-state index contributed by atoms with van der Waals surface area (Å²) < 4.78 is 0. The van der Waals surface area contributed by atoms with Gasteiger partial charge in [0.2, 0.25) is 0 Å². The number of carbonyl (C=O) groups is 1. The molecule has 0 saturated heterocycles. The van der Waals surface area contributed by atoms with Crippen molar-refractivity contribution in [3.63, 3.8) is 0 Å². The van der Waals surface area contributed by atoms with E-state index in [9.17, 15) is 9.59 Å². The number of H-pyrrole nitrogens is 2. The third-order valence-electron chi connectivity index (χ3n) is 3.42. The molecule has 3 rings (SSSR count). The first-order chi connectivity index (χ1) is 9.97. The Hall–Kier alpha value is -2.41. The monoisotopic (exact) mass is 303 g/mol. The highest BCUT2D eigenvalue weighted by molar-refractivity contribution is 7.14. The fourth-order valence-corrected chi connectivity index (χ4v) is 3.29. The molecule has 3 aromatic heterocycles. The number of aromatic carboxylic acids is 1. The summed E-state index contributed by atoms with van der Waals surface area (Å²) in [5.74, 6) is -0.465. The van der Waals surface area contributed by atoms with Gasteiger partial charge in [-0.05, 0) is 24.6 Å².